The average Bonchev–Trinajstić information content (AvgIpc) is 2.90. The van der Waals surface area contributed by atoms with Crippen molar-refractivity contribution in [2.24, 2.45) is 5.92 Å². The van der Waals surface area contributed by atoms with E-state index in [9.17, 15) is 4.79 Å². The summed E-state index contributed by atoms with van der Waals surface area (Å²) < 4.78 is 5.36. The van der Waals surface area contributed by atoms with Crippen molar-refractivity contribution < 1.29 is 9.21 Å². The van der Waals surface area contributed by atoms with Gasteiger partial charge >= 0.3 is 6.01 Å². The van der Waals surface area contributed by atoms with Crippen LogP contribution >= 0.6 is 0 Å². The first-order valence-corrected chi connectivity index (χ1v) is 7.03. The van der Waals surface area contributed by atoms with Crippen molar-refractivity contribution in [2.45, 2.75) is 20.8 Å². The molecular weight excluding hydrogens is 264 g/mol. The van der Waals surface area contributed by atoms with Gasteiger partial charge in [0, 0.05) is 12.5 Å². The Balaban J connectivity index is 2.13. The van der Waals surface area contributed by atoms with E-state index in [0.717, 1.165) is 11.3 Å². The summed E-state index contributed by atoms with van der Waals surface area (Å²) >= 11 is 0. The molecular formula is C17H20N2O2. The number of carbonyl (C=O) groups is 1. The van der Waals surface area contributed by atoms with Crippen LogP contribution in [0.3, 0.4) is 0 Å². The highest BCUT2D eigenvalue weighted by Gasteiger charge is 2.21. The van der Waals surface area contributed by atoms with Crippen molar-refractivity contribution in [3.8, 4) is 0 Å². The Hall–Kier alpha value is -2.36. The molecule has 4 nitrogen and oxygen atoms in total. The van der Waals surface area contributed by atoms with Gasteiger partial charge in [0.05, 0.1) is 5.69 Å². The van der Waals surface area contributed by atoms with Crippen LogP contribution in [0.1, 0.15) is 25.1 Å². The van der Waals surface area contributed by atoms with Crippen LogP contribution in [0.4, 0.5) is 6.01 Å². The first kappa shape index (κ1) is 15.0. The van der Waals surface area contributed by atoms with Gasteiger partial charge in [-0.15, -0.1) is 0 Å². The van der Waals surface area contributed by atoms with E-state index in [1.165, 1.54) is 0 Å². The molecule has 0 radical (unpaired) electrons. The fourth-order valence-electron chi connectivity index (χ4n) is 1.90. The van der Waals surface area contributed by atoms with E-state index in [2.05, 4.69) is 4.98 Å². The summed E-state index contributed by atoms with van der Waals surface area (Å²) in [6, 6.07) is 10.3. The van der Waals surface area contributed by atoms with Crippen LogP contribution in [-0.2, 0) is 4.79 Å². The SMILES string of the molecule is Cc1coc(N(CC=Cc2ccccc2)C(=O)C(C)C)n1. The molecule has 0 unspecified atom stereocenters. The second kappa shape index (κ2) is 6.88. The van der Waals surface area contributed by atoms with E-state index in [4.69, 9.17) is 4.42 Å². The highest BCUT2D eigenvalue weighted by molar-refractivity contribution is 5.93. The predicted octanol–water partition coefficient (Wildman–Crippen LogP) is 3.69. The summed E-state index contributed by atoms with van der Waals surface area (Å²) in [7, 11) is 0. The molecule has 0 aliphatic heterocycles. The quantitative estimate of drug-likeness (QED) is 0.841. The Morgan fingerprint density at radius 2 is 2.05 bits per heavy atom. The van der Waals surface area contributed by atoms with Crippen LogP contribution < -0.4 is 4.90 Å². The molecule has 0 atom stereocenters. The second-order valence-electron chi connectivity index (χ2n) is 5.19. The molecule has 0 saturated carbocycles. The number of benzene rings is 1. The zero-order valence-corrected chi connectivity index (χ0v) is 12.6. The van der Waals surface area contributed by atoms with Crippen molar-refractivity contribution in [2.75, 3.05) is 11.4 Å². The Morgan fingerprint density at radius 1 is 1.33 bits per heavy atom. The van der Waals surface area contributed by atoms with Crippen LogP contribution in [-0.4, -0.2) is 17.4 Å². The number of aryl methyl sites for hydroxylation is 1. The lowest BCUT2D eigenvalue weighted by atomic mass is 10.2. The molecule has 4 heteroatoms. The Morgan fingerprint density at radius 3 is 2.62 bits per heavy atom. The minimum absolute atomic E-state index is 0.00504. The first-order chi connectivity index (χ1) is 10.1. The molecule has 1 amide bonds. The monoisotopic (exact) mass is 284 g/mol. The van der Waals surface area contributed by atoms with E-state index in [1.807, 2.05) is 63.3 Å². The third-order valence-electron chi connectivity index (χ3n) is 3.00. The molecule has 0 N–H and O–H groups in total. The minimum Gasteiger partial charge on any atom is -0.431 e. The van der Waals surface area contributed by atoms with Crippen LogP contribution in [0.15, 0.2) is 47.1 Å². The summed E-state index contributed by atoms with van der Waals surface area (Å²) in [5.74, 6) is -0.114. The molecule has 21 heavy (non-hydrogen) atoms. The normalized spacial score (nSPS) is 11.2. The highest BCUT2D eigenvalue weighted by atomic mass is 16.4. The lowest BCUT2D eigenvalue weighted by Crippen LogP contribution is -2.34. The number of amides is 1. The number of nitrogens with zero attached hydrogens (tertiary/aromatic N) is 2. The van der Waals surface area contributed by atoms with E-state index in [1.54, 1.807) is 11.2 Å². The van der Waals surface area contributed by atoms with Gasteiger partial charge in [0.25, 0.3) is 0 Å². The van der Waals surface area contributed by atoms with Crippen molar-refractivity contribution >= 4 is 18.0 Å². The van der Waals surface area contributed by atoms with Crippen LogP contribution in [0, 0.1) is 12.8 Å². The van der Waals surface area contributed by atoms with Gasteiger partial charge in [-0.2, -0.15) is 4.98 Å². The summed E-state index contributed by atoms with van der Waals surface area (Å²) in [6.07, 6.45) is 5.47. The van der Waals surface area contributed by atoms with Crippen molar-refractivity contribution in [3.05, 3.63) is 53.9 Å². The van der Waals surface area contributed by atoms with Crippen molar-refractivity contribution in [1.82, 2.24) is 4.98 Å². The van der Waals surface area contributed by atoms with Crippen LogP contribution in [0.5, 0.6) is 0 Å². The third kappa shape index (κ3) is 4.05. The zero-order valence-electron chi connectivity index (χ0n) is 12.6. The molecule has 0 aliphatic carbocycles. The molecule has 2 rings (SSSR count). The third-order valence-corrected chi connectivity index (χ3v) is 3.00. The lowest BCUT2D eigenvalue weighted by molar-refractivity contribution is -0.121. The topological polar surface area (TPSA) is 46.3 Å². The second-order valence-corrected chi connectivity index (χ2v) is 5.19. The molecule has 2 aromatic rings. The molecule has 110 valence electrons. The smallest absolute Gasteiger partial charge is 0.304 e. The van der Waals surface area contributed by atoms with Gasteiger partial charge in [-0.25, -0.2) is 0 Å². The van der Waals surface area contributed by atoms with Gasteiger partial charge < -0.3 is 4.42 Å². The molecule has 0 bridgehead atoms. The summed E-state index contributed by atoms with van der Waals surface area (Å²) in [6.45, 7) is 6.01. The predicted molar refractivity (Wildman–Crippen MR) is 83.9 cm³/mol. The summed E-state index contributed by atoms with van der Waals surface area (Å²) in [5.41, 5.74) is 1.86. The number of anilines is 1. The minimum atomic E-state index is -0.109. The summed E-state index contributed by atoms with van der Waals surface area (Å²) in [4.78, 5) is 18.1. The van der Waals surface area contributed by atoms with Crippen molar-refractivity contribution in [3.63, 3.8) is 0 Å². The Bertz CT molecular complexity index is 615. The number of aromatic nitrogens is 1. The molecule has 0 spiro atoms. The standard InChI is InChI=1S/C17H20N2O2/c1-13(2)16(20)19(17-18-14(3)12-21-17)11-7-10-15-8-5-4-6-9-15/h4-10,12-13H,11H2,1-3H3. The maximum Gasteiger partial charge on any atom is 0.304 e. The maximum atomic E-state index is 12.3. The molecule has 0 fully saturated rings. The van der Waals surface area contributed by atoms with E-state index >= 15 is 0 Å². The molecule has 0 saturated heterocycles. The van der Waals surface area contributed by atoms with E-state index in [-0.39, 0.29) is 11.8 Å². The number of hydrogen-bond donors (Lipinski definition) is 0. The van der Waals surface area contributed by atoms with Crippen LogP contribution in [0.2, 0.25) is 0 Å². The average molecular weight is 284 g/mol. The molecule has 1 heterocycles. The fraction of sp³-hybridized carbons (Fsp3) is 0.294. The lowest BCUT2D eigenvalue weighted by Gasteiger charge is -2.18. The van der Waals surface area contributed by atoms with Gasteiger partial charge in [0.1, 0.15) is 6.26 Å². The number of oxazole rings is 1. The Labute approximate surface area is 125 Å². The number of hydrogen-bond acceptors (Lipinski definition) is 3. The highest BCUT2D eigenvalue weighted by Crippen LogP contribution is 2.16. The Kier molecular flexibility index (Phi) is 4.93. The van der Waals surface area contributed by atoms with Gasteiger partial charge in [0.2, 0.25) is 5.91 Å². The van der Waals surface area contributed by atoms with E-state index in [0.29, 0.717) is 12.6 Å². The van der Waals surface area contributed by atoms with Crippen LogP contribution in [0.25, 0.3) is 6.08 Å². The van der Waals surface area contributed by atoms with E-state index < -0.39 is 0 Å². The first-order valence-electron chi connectivity index (χ1n) is 7.03. The molecule has 1 aromatic carbocycles. The number of carbonyl (C=O) groups excluding carboxylic acids is 1. The van der Waals surface area contributed by atoms with Gasteiger partial charge in [0.15, 0.2) is 0 Å². The molecule has 1 aromatic heterocycles. The van der Waals surface area contributed by atoms with Gasteiger partial charge in [-0.05, 0) is 12.5 Å². The van der Waals surface area contributed by atoms with Gasteiger partial charge in [-0.1, -0.05) is 56.3 Å². The number of rotatable bonds is 5. The zero-order chi connectivity index (χ0) is 15.2. The van der Waals surface area contributed by atoms with Crippen molar-refractivity contribution in [1.29, 1.82) is 0 Å². The summed E-state index contributed by atoms with van der Waals surface area (Å²) in [5, 5.41) is 0. The maximum absolute atomic E-state index is 12.3. The fourth-order valence-corrected chi connectivity index (χ4v) is 1.90. The largest absolute Gasteiger partial charge is 0.431 e. The van der Waals surface area contributed by atoms with Gasteiger partial charge in [-0.3, -0.25) is 9.69 Å². The molecule has 0 aliphatic rings.